The Labute approximate surface area is 136 Å². The predicted molar refractivity (Wildman–Crippen MR) is 86.3 cm³/mol. The second-order valence-corrected chi connectivity index (χ2v) is 6.19. The third-order valence-electron chi connectivity index (χ3n) is 2.61. The van der Waals surface area contributed by atoms with Gasteiger partial charge in [-0.1, -0.05) is 36.2 Å². The van der Waals surface area contributed by atoms with Crippen molar-refractivity contribution in [2.45, 2.75) is 11.8 Å². The number of rotatable bonds is 5. The van der Waals surface area contributed by atoms with Gasteiger partial charge in [0.1, 0.15) is 17.1 Å². The van der Waals surface area contributed by atoms with Crippen molar-refractivity contribution < 1.29 is 14.6 Å². The van der Waals surface area contributed by atoms with Crippen LogP contribution in [0.1, 0.15) is 17.3 Å². The van der Waals surface area contributed by atoms with E-state index in [1.54, 1.807) is 36.4 Å². The highest BCUT2D eigenvalue weighted by Gasteiger charge is 2.18. The molecule has 0 amide bonds. The first-order valence-corrected chi connectivity index (χ1v) is 7.89. The van der Waals surface area contributed by atoms with E-state index in [0.29, 0.717) is 20.7 Å². The zero-order valence-electron chi connectivity index (χ0n) is 11.1. The molecule has 2 aromatic rings. The van der Waals surface area contributed by atoms with Crippen molar-refractivity contribution in [3.05, 3.63) is 52.0 Å². The summed E-state index contributed by atoms with van der Waals surface area (Å²) >= 11 is 13.4. The first-order valence-electron chi connectivity index (χ1n) is 6.15. The van der Waals surface area contributed by atoms with Gasteiger partial charge in [-0.3, -0.25) is 0 Å². The fraction of sp³-hybridized carbons (Fsp3) is 0.133. The lowest BCUT2D eigenvalue weighted by Crippen LogP contribution is -2.02. The molecule has 2 rings (SSSR count). The Morgan fingerprint density at radius 2 is 2.00 bits per heavy atom. The van der Waals surface area contributed by atoms with E-state index in [1.165, 1.54) is 11.8 Å². The van der Waals surface area contributed by atoms with Crippen LogP contribution in [-0.2, 0) is 0 Å². The van der Waals surface area contributed by atoms with E-state index >= 15 is 0 Å². The molecule has 6 heteroatoms. The Morgan fingerprint density at radius 1 is 1.24 bits per heavy atom. The number of hydrogen-bond acceptors (Lipinski definition) is 3. The van der Waals surface area contributed by atoms with E-state index in [0.717, 1.165) is 5.75 Å². The van der Waals surface area contributed by atoms with Crippen molar-refractivity contribution in [3.63, 3.8) is 0 Å². The molecule has 1 N–H and O–H groups in total. The van der Waals surface area contributed by atoms with Gasteiger partial charge < -0.3 is 9.84 Å². The van der Waals surface area contributed by atoms with Crippen LogP contribution in [0.2, 0.25) is 10.0 Å². The third-order valence-corrected chi connectivity index (χ3v) is 4.10. The van der Waals surface area contributed by atoms with Crippen molar-refractivity contribution in [1.29, 1.82) is 0 Å². The van der Waals surface area contributed by atoms with Gasteiger partial charge in [0.2, 0.25) is 0 Å². The van der Waals surface area contributed by atoms with Gasteiger partial charge in [0.05, 0.1) is 5.02 Å². The average molecular weight is 343 g/mol. The van der Waals surface area contributed by atoms with Gasteiger partial charge in [0.25, 0.3) is 0 Å². The lowest BCUT2D eigenvalue weighted by molar-refractivity contribution is 0.0690. The fourth-order valence-electron chi connectivity index (χ4n) is 1.76. The number of halogens is 2. The van der Waals surface area contributed by atoms with E-state index in [4.69, 9.17) is 27.9 Å². The van der Waals surface area contributed by atoms with Crippen molar-refractivity contribution in [2.24, 2.45) is 0 Å². The molecule has 0 bridgehead atoms. The Kier molecular flexibility index (Phi) is 5.39. The average Bonchev–Trinajstić information content (AvgIpc) is 2.43. The number of benzene rings is 2. The summed E-state index contributed by atoms with van der Waals surface area (Å²) in [6.07, 6.45) is 0. The summed E-state index contributed by atoms with van der Waals surface area (Å²) in [7, 11) is 0. The first-order chi connectivity index (χ1) is 10.0. The monoisotopic (exact) mass is 342 g/mol. The molecular formula is C15H12Cl2O3S. The summed E-state index contributed by atoms with van der Waals surface area (Å²) in [5, 5.41) is 10.3. The van der Waals surface area contributed by atoms with Gasteiger partial charge in [-0.05, 0) is 30.0 Å². The Morgan fingerprint density at radius 3 is 2.67 bits per heavy atom. The van der Waals surface area contributed by atoms with Crippen LogP contribution in [0.5, 0.6) is 11.5 Å². The Hall–Kier alpha value is -1.36. The van der Waals surface area contributed by atoms with Crippen LogP contribution in [-0.4, -0.2) is 16.8 Å². The number of aromatic carboxylic acids is 1. The van der Waals surface area contributed by atoms with Crippen LogP contribution in [0.15, 0.2) is 41.3 Å². The minimum atomic E-state index is -1.04. The zero-order valence-corrected chi connectivity index (χ0v) is 13.4. The van der Waals surface area contributed by atoms with Crippen molar-refractivity contribution >= 4 is 40.9 Å². The Balaban J connectivity index is 2.46. The highest BCUT2D eigenvalue weighted by atomic mass is 35.5. The molecule has 0 radical (unpaired) electrons. The van der Waals surface area contributed by atoms with Gasteiger partial charge in [-0.15, -0.1) is 11.8 Å². The van der Waals surface area contributed by atoms with Crippen LogP contribution in [0.3, 0.4) is 0 Å². The van der Waals surface area contributed by atoms with Crippen LogP contribution in [0.25, 0.3) is 0 Å². The van der Waals surface area contributed by atoms with E-state index in [1.807, 2.05) is 6.92 Å². The van der Waals surface area contributed by atoms with E-state index in [2.05, 4.69) is 0 Å². The highest BCUT2D eigenvalue weighted by molar-refractivity contribution is 7.99. The molecule has 110 valence electrons. The smallest absolute Gasteiger partial charge is 0.340 e. The fourth-order valence-corrected chi connectivity index (χ4v) is 2.89. The Bertz CT molecular complexity index is 674. The number of carbonyl (C=O) groups is 1. The minimum absolute atomic E-state index is 0.125. The maximum atomic E-state index is 11.5. The molecule has 0 fully saturated rings. The van der Waals surface area contributed by atoms with Gasteiger partial charge in [0.15, 0.2) is 0 Å². The van der Waals surface area contributed by atoms with Crippen LogP contribution in [0, 0.1) is 0 Å². The van der Waals surface area contributed by atoms with Crippen molar-refractivity contribution in [1.82, 2.24) is 0 Å². The van der Waals surface area contributed by atoms with E-state index in [9.17, 15) is 9.90 Å². The van der Waals surface area contributed by atoms with Crippen LogP contribution >= 0.6 is 35.0 Å². The number of thioether (sulfide) groups is 1. The molecule has 0 saturated carbocycles. The summed E-state index contributed by atoms with van der Waals surface area (Å²) in [4.78, 5) is 12.2. The third kappa shape index (κ3) is 3.84. The van der Waals surface area contributed by atoms with Gasteiger partial charge >= 0.3 is 5.97 Å². The predicted octanol–water partition coefficient (Wildman–Crippen LogP) is 5.60. The molecule has 0 aliphatic rings. The van der Waals surface area contributed by atoms with Gasteiger partial charge in [0, 0.05) is 16.0 Å². The van der Waals surface area contributed by atoms with Crippen LogP contribution < -0.4 is 4.74 Å². The molecule has 0 atom stereocenters. The van der Waals surface area contributed by atoms with Gasteiger partial charge in [-0.2, -0.15) is 0 Å². The second-order valence-electron chi connectivity index (χ2n) is 4.04. The molecule has 0 aliphatic heterocycles. The molecule has 0 aromatic heterocycles. The van der Waals surface area contributed by atoms with E-state index < -0.39 is 5.97 Å². The maximum Gasteiger partial charge on any atom is 0.340 e. The summed E-state index contributed by atoms with van der Waals surface area (Å²) in [6.45, 7) is 1.96. The molecule has 3 nitrogen and oxygen atoms in total. The largest absolute Gasteiger partial charge is 0.478 e. The lowest BCUT2D eigenvalue weighted by atomic mass is 10.2. The molecule has 21 heavy (non-hydrogen) atoms. The summed E-state index contributed by atoms with van der Waals surface area (Å²) in [6, 6.07) is 9.89. The summed E-state index contributed by atoms with van der Waals surface area (Å²) in [5.41, 5.74) is 0.125. The van der Waals surface area contributed by atoms with Crippen molar-refractivity contribution in [3.8, 4) is 11.5 Å². The lowest BCUT2D eigenvalue weighted by Gasteiger charge is -2.13. The number of carboxylic acids is 1. The zero-order chi connectivity index (χ0) is 15.4. The molecule has 2 aromatic carbocycles. The normalized spacial score (nSPS) is 10.4. The van der Waals surface area contributed by atoms with E-state index in [-0.39, 0.29) is 11.3 Å². The maximum absolute atomic E-state index is 11.5. The first kappa shape index (κ1) is 16.0. The number of carboxylic acid groups (broad SMARTS) is 1. The van der Waals surface area contributed by atoms with Crippen LogP contribution in [0.4, 0.5) is 0 Å². The summed E-state index contributed by atoms with van der Waals surface area (Å²) in [5.74, 6) is 0.289. The number of ether oxygens (including phenoxy) is 1. The minimum Gasteiger partial charge on any atom is -0.478 e. The molecular weight excluding hydrogens is 331 g/mol. The topological polar surface area (TPSA) is 46.5 Å². The molecule has 0 aliphatic carbocycles. The highest BCUT2D eigenvalue weighted by Crippen LogP contribution is 2.36. The molecule has 0 unspecified atom stereocenters. The molecule has 0 saturated heterocycles. The number of hydrogen-bond donors (Lipinski definition) is 1. The van der Waals surface area contributed by atoms with Crippen molar-refractivity contribution in [2.75, 3.05) is 5.75 Å². The standard InChI is InChI=1S/C15H12Cl2O3S/c1-2-21-13-5-3-4-11(14(13)15(18)19)20-12-8-9(16)6-7-10(12)17/h3-8H,2H2,1H3,(H,18,19). The summed E-state index contributed by atoms with van der Waals surface area (Å²) < 4.78 is 5.66. The van der Waals surface area contributed by atoms with Gasteiger partial charge in [-0.25, -0.2) is 4.79 Å². The quantitative estimate of drug-likeness (QED) is 0.718. The molecule has 0 spiro atoms. The molecule has 0 heterocycles. The SMILES string of the molecule is CCSc1cccc(Oc2cc(Cl)ccc2Cl)c1C(=O)O. The second kappa shape index (κ2) is 7.07.